The number of nitrogens with zero attached hydrogens (tertiary/aromatic N) is 1. The smallest absolute Gasteiger partial charge is 0.167 e. The van der Waals surface area contributed by atoms with Gasteiger partial charge in [0.2, 0.25) is 0 Å². The Balaban J connectivity index is 1.64. The Morgan fingerprint density at radius 2 is 2.35 bits per heavy atom. The highest BCUT2D eigenvalue weighted by molar-refractivity contribution is 5.85. The number of hydrogen-bond donors (Lipinski definition) is 0. The summed E-state index contributed by atoms with van der Waals surface area (Å²) in [5.41, 5.74) is 1.72. The lowest BCUT2D eigenvalue weighted by Gasteiger charge is -2.34. The number of rotatable bonds is 3. The largest absolute Gasteiger partial charge is 0.367 e. The van der Waals surface area contributed by atoms with Crippen molar-refractivity contribution in [2.45, 2.75) is 38.3 Å². The normalized spacial score (nSPS) is 26.5. The lowest BCUT2D eigenvalue weighted by molar-refractivity contribution is -0.137. The van der Waals surface area contributed by atoms with Gasteiger partial charge in [-0.1, -0.05) is 6.07 Å². The summed E-state index contributed by atoms with van der Waals surface area (Å²) in [5, 5.41) is 0. The van der Waals surface area contributed by atoms with Gasteiger partial charge in [0.1, 0.15) is 11.9 Å². The third-order valence-electron chi connectivity index (χ3n) is 4.42. The maximum atomic E-state index is 13.1. The minimum atomic E-state index is -0.325. The molecular weight excluding hydrogens is 257 g/mol. The van der Waals surface area contributed by atoms with E-state index >= 15 is 0 Å². The van der Waals surface area contributed by atoms with Crippen molar-refractivity contribution in [3.05, 3.63) is 35.1 Å². The van der Waals surface area contributed by atoms with Crippen molar-refractivity contribution in [1.29, 1.82) is 0 Å². The molecule has 20 heavy (non-hydrogen) atoms. The zero-order chi connectivity index (χ0) is 14.1. The average Bonchev–Trinajstić information content (AvgIpc) is 2.89. The van der Waals surface area contributed by atoms with E-state index < -0.39 is 0 Å². The van der Waals surface area contributed by atoms with E-state index in [2.05, 4.69) is 4.90 Å². The van der Waals surface area contributed by atoms with Crippen LogP contribution >= 0.6 is 0 Å². The van der Waals surface area contributed by atoms with Gasteiger partial charge in [0.05, 0.1) is 6.61 Å². The molecule has 0 spiro atoms. The molecule has 4 heteroatoms. The number of benzene rings is 1. The number of ether oxygens (including phenoxy) is 1. The molecule has 3 rings (SSSR count). The molecule has 2 atom stereocenters. The number of carbonyl (C=O) groups excluding carboxylic acids is 1. The molecule has 0 N–H and O–H groups in total. The van der Waals surface area contributed by atoms with Crippen molar-refractivity contribution < 1.29 is 13.9 Å². The van der Waals surface area contributed by atoms with E-state index in [-0.39, 0.29) is 17.7 Å². The third-order valence-corrected chi connectivity index (χ3v) is 4.42. The molecular formula is C16H20FNO2. The summed E-state index contributed by atoms with van der Waals surface area (Å²) in [6, 6.07) is 5.09. The standard InChI is InChI=1S/C16H20FNO2/c1-11-7-13(17)5-4-12(11)8-15(19)16-9-18-6-2-3-14(18)10-20-16/h4-5,7,14,16H,2-3,6,8-10H2,1H3. The van der Waals surface area contributed by atoms with Crippen LogP contribution in [-0.4, -0.2) is 42.5 Å². The Hall–Kier alpha value is -1.26. The molecule has 2 saturated heterocycles. The molecule has 2 aliphatic heterocycles. The van der Waals surface area contributed by atoms with E-state index in [9.17, 15) is 9.18 Å². The molecule has 1 aromatic rings. The zero-order valence-electron chi connectivity index (χ0n) is 11.8. The highest BCUT2D eigenvalue weighted by atomic mass is 19.1. The Labute approximate surface area is 118 Å². The van der Waals surface area contributed by atoms with Crippen LogP contribution in [0.2, 0.25) is 0 Å². The highest BCUT2D eigenvalue weighted by Gasteiger charge is 2.35. The van der Waals surface area contributed by atoms with Gasteiger partial charge in [-0.15, -0.1) is 0 Å². The predicted octanol–water partition coefficient (Wildman–Crippen LogP) is 2.11. The fourth-order valence-corrected chi connectivity index (χ4v) is 3.17. The van der Waals surface area contributed by atoms with Crippen LogP contribution in [0, 0.1) is 12.7 Å². The molecule has 1 aromatic carbocycles. The molecule has 0 saturated carbocycles. The second kappa shape index (κ2) is 5.62. The summed E-state index contributed by atoms with van der Waals surface area (Å²) < 4.78 is 18.8. The van der Waals surface area contributed by atoms with Gasteiger partial charge < -0.3 is 4.74 Å². The number of hydrogen-bond acceptors (Lipinski definition) is 3. The number of halogens is 1. The van der Waals surface area contributed by atoms with Gasteiger partial charge in [0.15, 0.2) is 5.78 Å². The van der Waals surface area contributed by atoms with E-state index in [1.54, 1.807) is 6.07 Å². The number of fused-ring (bicyclic) bond motifs is 1. The first-order valence-corrected chi connectivity index (χ1v) is 7.27. The lowest BCUT2D eigenvalue weighted by Crippen LogP contribution is -2.49. The van der Waals surface area contributed by atoms with E-state index in [4.69, 9.17) is 4.74 Å². The van der Waals surface area contributed by atoms with Crippen LogP contribution in [0.1, 0.15) is 24.0 Å². The van der Waals surface area contributed by atoms with E-state index in [0.717, 1.165) is 17.7 Å². The van der Waals surface area contributed by atoms with Crippen molar-refractivity contribution in [3.8, 4) is 0 Å². The van der Waals surface area contributed by atoms with E-state index in [1.165, 1.54) is 25.0 Å². The topological polar surface area (TPSA) is 29.5 Å². The van der Waals surface area contributed by atoms with Crippen LogP contribution in [0.4, 0.5) is 4.39 Å². The molecule has 2 unspecified atom stereocenters. The summed E-state index contributed by atoms with van der Waals surface area (Å²) in [6.07, 6.45) is 2.38. The van der Waals surface area contributed by atoms with Crippen LogP contribution in [0.15, 0.2) is 18.2 Å². The Morgan fingerprint density at radius 1 is 1.50 bits per heavy atom. The van der Waals surface area contributed by atoms with E-state index in [1.807, 2.05) is 6.92 Å². The monoisotopic (exact) mass is 277 g/mol. The molecule has 0 aromatic heterocycles. The molecule has 2 heterocycles. The third kappa shape index (κ3) is 2.76. The average molecular weight is 277 g/mol. The first kappa shape index (κ1) is 13.7. The van der Waals surface area contributed by atoms with Crippen molar-refractivity contribution >= 4 is 5.78 Å². The van der Waals surface area contributed by atoms with Gasteiger partial charge in [0.25, 0.3) is 0 Å². The predicted molar refractivity (Wildman–Crippen MR) is 74.2 cm³/mol. The first-order valence-electron chi connectivity index (χ1n) is 7.27. The van der Waals surface area contributed by atoms with Gasteiger partial charge in [-0.05, 0) is 49.6 Å². The maximum absolute atomic E-state index is 13.1. The number of ketones is 1. The molecule has 2 aliphatic rings. The van der Waals surface area contributed by atoms with Crippen LogP contribution < -0.4 is 0 Å². The quantitative estimate of drug-likeness (QED) is 0.847. The molecule has 0 radical (unpaired) electrons. The number of Topliss-reactive ketones (excluding diaryl/α,β-unsaturated/α-hetero) is 1. The number of morpholine rings is 1. The van der Waals surface area contributed by atoms with Gasteiger partial charge in [-0.25, -0.2) is 4.39 Å². The second-order valence-corrected chi connectivity index (χ2v) is 5.83. The summed E-state index contributed by atoms with van der Waals surface area (Å²) in [6.45, 7) is 4.29. The highest BCUT2D eigenvalue weighted by Crippen LogP contribution is 2.23. The minimum absolute atomic E-state index is 0.102. The summed E-state index contributed by atoms with van der Waals surface area (Å²) in [5.74, 6) is -0.155. The van der Waals surface area contributed by atoms with Crippen LogP contribution in [-0.2, 0) is 16.0 Å². The Morgan fingerprint density at radius 3 is 3.15 bits per heavy atom. The number of aryl methyl sites for hydroxylation is 1. The van der Waals surface area contributed by atoms with E-state index in [0.29, 0.717) is 25.6 Å². The van der Waals surface area contributed by atoms with Crippen LogP contribution in [0.25, 0.3) is 0 Å². The number of carbonyl (C=O) groups is 1. The summed E-state index contributed by atoms with van der Waals surface area (Å²) in [4.78, 5) is 14.7. The molecule has 108 valence electrons. The molecule has 0 bridgehead atoms. The zero-order valence-corrected chi connectivity index (χ0v) is 11.8. The van der Waals surface area contributed by atoms with Gasteiger partial charge in [-0.3, -0.25) is 9.69 Å². The summed E-state index contributed by atoms with van der Waals surface area (Å²) in [7, 11) is 0. The first-order chi connectivity index (χ1) is 9.63. The van der Waals surface area contributed by atoms with Crippen LogP contribution in [0.3, 0.4) is 0 Å². The second-order valence-electron chi connectivity index (χ2n) is 5.83. The Bertz CT molecular complexity index is 517. The molecule has 0 amide bonds. The fraction of sp³-hybridized carbons (Fsp3) is 0.562. The van der Waals surface area contributed by atoms with Crippen molar-refractivity contribution in [2.24, 2.45) is 0 Å². The van der Waals surface area contributed by atoms with Gasteiger partial charge >= 0.3 is 0 Å². The minimum Gasteiger partial charge on any atom is -0.367 e. The molecule has 2 fully saturated rings. The van der Waals surface area contributed by atoms with Crippen molar-refractivity contribution in [3.63, 3.8) is 0 Å². The molecule has 3 nitrogen and oxygen atoms in total. The SMILES string of the molecule is Cc1cc(F)ccc1CC(=O)C1CN2CCCC2CO1. The Kier molecular flexibility index (Phi) is 3.85. The van der Waals surface area contributed by atoms with Crippen LogP contribution in [0.5, 0.6) is 0 Å². The maximum Gasteiger partial charge on any atom is 0.167 e. The van der Waals surface area contributed by atoms with Crippen molar-refractivity contribution in [1.82, 2.24) is 4.90 Å². The lowest BCUT2D eigenvalue weighted by atomic mass is 10.00. The van der Waals surface area contributed by atoms with Gasteiger partial charge in [0, 0.05) is 19.0 Å². The fourth-order valence-electron chi connectivity index (χ4n) is 3.17. The molecule has 0 aliphatic carbocycles. The summed E-state index contributed by atoms with van der Waals surface area (Å²) >= 11 is 0. The van der Waals surface area contributed by atoms with Crippen molar-refractivity contribution in [2.75, 3.05) is 19.7 Å². The van der Waals surface area contributed by atoms with Gasteiger partial charge in [-0.2, -0.15) is 0 Å².